The molecule has 5 nitrogen and oxygen atoms in total. The maximum Gasteiger partial charge on any atom is 0.328 e. The van der Waals surface area contributed by atoms with Crippen LogP contribution in [0.25, 0.3) is 6.08 Å². The van der Waals surface area contributed by atoms with Crippen molar-refractivity contribution in [2.24, 2.45) is 0 Å². The first-order valence-electron chi connectivity index (χ1n) is 3.61. The number of carbonyl (C=O) groups is 1. The van der Waals surface area contributed by atoms with Crippen molar-refractivity contribution in [3.8, 4) is 5.88 Å². The van der Waals surface area contributed by atoms with E-state index in [0.29, 0.717) is 5.56 Å². The van der Waals surface area contributed by atoms with Crippen LogP contribution in [0.2, 0.25) is 5.28 Å². The van der Waals surface area contributed by atoms with E-state index in [1.165, 1.54) is 19.4 Å². The normalized spacial score (nSPS) is 10.4. The quantitative estimate of drug-likeness (QED) is 0.605. The number of hydrogen-bond acceptors (Lipinski definition) is 4. The van der Waals surface area contributed by atoms with Gasteiger partial charge in [0.1, 0.15) is 0 Å². The number of halogens is 1. The smallest absolute Gasteiger partial charge is 0.328 e. The fourth-order valence-corrected chi connectivity index (χ4v) is 0.920. The molecule has 0 saturated heterocycles. The Kier molecular flexibility index (Phi) is 3.41. The van der Waals surface area contributed by atoms with Gasteiger partial charge in [-0.3, -0.25) is 0 Å². The van der Waals surface area contributed by atoms with Crippen LogP contribution in [0.5, 0.6) is 5.88 Å². The van der Waals surface area contributed by atoms with Crippen molar-refractivity contribution >= 4 is 23.6 Å². The van der Waals surface area contributed by atoms with Gasteiger partial charge in [-0.1, -0.05) is 0 Å². The third-order valence-corrected chi connectivity index (χ3v) is 1.53. The van der Waals surface area contributed by atoms with E-state index in [-0.39, 0.29) is 11.2 Å². The molecule has 1 heterocycles. The molecule has 0 fully saturated rings. The summed E-state index contributed by atoms with van der Waals surface area (Å²) in [5.41, 5.74) is 0.458. The van der Waals surface area contributed by atoms with Crippen LogP contribution in [0.3, 0.4) is 0 Å². The van der Waals surface area contributed by atoms with E-state index in [4.69, 9.17) is 21.4 Å². The summed E-state index contributed by atoms with van der Waals surface area (Å²) in [7, 11) is 1.41. The minimum Gasteiger partial charge on any atom is -0.480 e. The highest BCUT2D eigenvalue weighted by Gasteiger charge is 2.03. The van der Waals surface area contributed by atoms with E-state index in [0.717, 1.165) is 6.08 Å². The highest BCUT2D eigenvalue weighted by Crippen LogP contribution is 2.17. The first kappa shape index (κ1) is 10.5. The van der Waals surface area contributed by atoms with Crippen LogP contribution in [0.15, 0.2) is 12.3 Å². The zero-order valence-electron chi connectivity index (χ0n) is 7.27. The Bertz CT molecular complexity index is 379. The monoisotopic (exact) mass is 214 g/mol. The number of methoxy groups -OCH3 is 1. The Morgan fingerprint density at radius 3 is 3.00 bits per heavy atom. The van der Waals surface area contributed by atoms with Crippen molar-refractivity contribution in [2.75, 3.05) is 7.11 Å². The number of aliphatic carboxylic acids is 1. The van der Waals surface area contributed by atoms with Crippen LogP contribution < -0.4 is 4.74 Å². The van der Waals surface area contributed by atoms with Gasteiger partial charge in [0.25, 0.3) is 0 Å². The molecule has 0 amide bonds. The molecule has 1 aromatic rings. The van der Waals surface area contributed by atoms with Crippen LogP contribution in [0, 0.1) is 0 Å². The molecular weight excluding hydrogens is 208 g/mol. The summed E-state index contributed by atoms with van der Waals surface area (Å²) in [4.78, 5) is 17.7. The number of ether oxygens (including phenoxy) is 1. The van der Waals surface area contributed by atoms with Crippen molar-refractivity contribution in [3.63, 3.8) is 0 Å². The molecule has 0 aliphatic rings. The molecule has 74 valence electrons. The van der Waals surface area contributed by atoms with Crippen molar-refractivity contribution in [1.82, 2.24) is 9.97 Å². The van der Waals surface area contributed by atoms with Crippen LogP contribution in [-0.2, 0) is 4.79 Å². The molecular formula is C8H7ClN2O3. The average molecular weight is 215 g/mol. The van der Waals surface area contributed by atoms with E-state index in [2.05, 4.69) is 9.97 Å². The van der Waals surface area contributed by atoms with E-state index in [1.807, 2.05) is 0 Å². The maximum absolute atomic E-state index is 10.2. The summed E-state index contributed by atoms with van der Waals surface area (Å²) in [6.07, 6.45) is 3.68. The largest absolute Gasteiger partial charge is 0.480 e. The molecule has 0 aromatic carbocycles. The number of carboxylic acid groups (broad SMARTS) is 1. The Morgan fingerprint density at radius 2 is 2.43 bits per heavy atom. The lowest BCUT2D eigenvalue weighted by Gasteiger charge is -2.01. The second kappa shape index (κ2) is 4.57. The lowest BCUT2D eigenvalue weighted by atomic mass is 10.3. The van der Waals surface area contributed by atoms with Crippen molar-refractivity contribution in [3.05, 3.63) is 23.1 Å². The third-order valence-electron chi connectivity index (χ3n) is 1.35. The van der Waals surface area contributed by atoms with Crippen LogP contribution in [0.4, 0.5) is 0 Å². The summed E-state index contributed by atoms with van der Waals surface area (Å²) >= 11 is 5.52. The molecule has 1 N–H and O–H groups in total. The molecule has 0 spiro atoms. The molecule has 0 unspecified atom stereocenters. The Morgan fingerprint density at radius 1 is 1.71 bits per heavy atom. The molecule has 0 saturated carbocycles. The van der Waals surface area contributed by atoms with Gasteiger partial charge < -0.3 is 9.84 Å². The Balaban J connectivity index is 3.02. The van der Waals surface area contributed by atoms with E-state index >= 15 is 0 Å². The SMILES string of the molecule is COc1nc(Cl)ncc1C=CC(=O)O. The van der Waals surface area contributed by atoms with Gasteiger partial charge >= 0.3 is 5.97 Å². The molecule has 0 radical (unpaired) electrons. The van der Waals surface area contributed by atoms with Crippen molar-refractivity contribution in [1.29, 1.82) is 0 Å². The van der Waals surface area contributed by atoms with Crippen LogP contribution in [-0.4, -0.2) is 28.2 Å². The lowest BCUT2D eigenvalue weighted by molar-refractivity contribution is -0.131. The van der Waals surface area contributed by atoms with Gasteiger partial charge in [0.15, 0.2) is 0 Å². The predicted molar refractivity (Wildman–Crippen MR) is 50.3 cm³/mol. The summed E-state index contributed by atoms with van der Waals surface area (Å²) in [6, 6.07) is 0. The predicted octanol–water partition coefficient (Wildman–Crippen LogP) is 1.24. The highest BCUT2D eigenvalue weighted by molar-refractivity contribution is 6.28. The van der Waals surface area contributed by atoms with Crippen LogP contribution in [0.1, 0.15) is 5.56 Å². The molecule has 14 heavy (non-hydrogen) atoms. The second-order valence-corrected chi connectivity index (χ2v) is 2.61. The summed E-state index contributed by atoms with van der Waals surface area (Å²) in [5.74, 6) is -0.815. The highest BCUT2D eigenvalue weighted by atomic mass is 35.5. The van der Waals surface area contributed by atoms with Gasteiger partial charge in [-0.15, -0.1) is 0 Å². The summed E-state index contributed by atoms with van der Waals surface area (Å²) in [5, 5.41) is 8.45. The van der Waals surface area contributed by atoms with Gasteiger partial charge in [-0.2, -0.15) is 4.98 Å². The Hall–Kier alpha value is -1.62. The standard InChI is InChI=1S/C8H7ClN2O3/c1-14-7-5(2-3-6(12)13)4-10-8(9)11-7/h2-4H,1H3,(H,12,13). The molecule has 0 bridgehead atoms. The average Bonchev–Trinajstić information content (AvgIpc) is 2.15. The Labute approximate surface area is 85.0 Å². The first-order valence-corrected chi connectivity index (χ1v) is 3.99. The number of carboxylic acids is 1. The number of rotatable bonds is 3. The van der Waals surface area contributed by atoms with Gasteiger partial charge in [0.2, 0.25) is 11.2 Å². The summed E-state index contributed by atoms with van der Waals surface area (Å²) in [6.45, 7) is 0. The molecule has 1 aromatic heterocycles. The summed E-state index contributed by atoms with van der Waals surface area (Å²) < 4.78 is 4.88. The second-order valence-electron chi connectivity index (χ2n) is 2.28. The molecule has 6 heteroatoms. The van der Waals surface area contributed by atoms with Crippen LogP contribution >= 0.6 is 11.6 Å². The lowest BCUT2D eigenvalue weighted by Crippen LogP contribution is -1.94. The van der Waals surface area contributed by atoms with Gasteiger partial charge in [-0.05, 0) is 17.7 Å². The van der Waals surface area contributed by atoms with Gasteiger partial charge in [-0.25, -0.2) is 9.78 Å². The van der Waals surface area contributed by atoms with E-state index in [9.17, 15) is 4.79 Å². The third kappa shape index (κ3) is 2.70. The number of nitrogens with zero attached hydrogens (tertiary/aromatic N) is 2. The minimum atomic E-state index is -1.05. The zero-order valence-corrected chi connectivity index (χ0v) is 8.02. The van der Waals surface area contributed by atoms with Gasteiger partial charge in [0.05, 0.1) is 12.7 Å². The van der Waals surface area contributed by atoms with Gasteiger partial charge in [0, 0.05) is 12.3 Å². The molecule has 1 rings (SSSR count). The number of hydrogen-bond donors (Lipinski definition) is 1. The van der Waals surface area contributed by atoms with E-state index < -0.39 is 5.97 Å². The molecule has 0 atom stereocenters. The fraction of sp³-hybridized carbons (Fsp3) is 0.125. The van der Waals surface area contributed by atoms with Crippen molar-refractivity contribution in [2.45, 2.75) is 0 Å². The first-order chi connectivity index (χ1) is 6.63. The molecule has 0 aliphatic heterocycles. The number of aromatic nitrogens is 2. The van der Waals surface area contributed by atoms with E-state index in [1.54, 1.807) is 0 Å². The maximum atomic E-state index is 10.2. The molecule has 0 aliphatic carbocycles. The van der Waals surface area contributed by atoms with Crippen molar-refractivity contribution < 1.29 is 14.6 Å². The zero-order chi connectivity index (χ0) is 10.6. The minimum absolute atomic E-state index is 0.0503. The fourth-order valence-electron chi connectivity index (χ4n) is 0.794. The topological polar surface area (TPSA) is 72.3 Å².